The van der Waals surface area contributed by atoms with Crippen molar-refractivity contribution >= 4 is 5.91 Å². The van der Waals surface area contributed by atoms with Gasteiger partial charge in [0, 0.05) is 5.56 Å². The fraction of sp³-hybridized carbons (Fsp3) is 0.167. The highest BCUT2D eigenvalue weighted by Gasteiger charge is 2.16. The van der Waals surface area contributed by atoms with Gasteiger partial charge < -0.3 is 9.84 Å². The molecule has 0 saturated heterocycles. The highest BCUT2D eigenvalue weighted by atomic mass is 16.5. The third-order valence-electron chi connectivity index (χ3n) is 3.60. The Labute approximate surface area is 134 Å². The second-order valence-electron chi connectivity index (χ2n) is 5.23. The molecule has 0 aliphatic carbocycles. The first kappa shape index (κ1) is 15.0. The molecule has 0 aliphatic rings. The third-order valence-corrected chi connectivity index (χ3v) is 3.60. The van der Waals surface area contributed by atoms with Crippen molar-refractivity contribution in [1.29, 1.82) is 0 Å². The molecule has 3 rings (SSSR count). The molecule has 0 fully saturated rings. The average Bonchev–Trinajstić information content (AvgIpc) is 3.09. The Morgan fingerprint density at radius 1 is 1.09 bits per heavy atom. The first-order valence-corrected chi connectivity index (χ1v) is 7.44. The molecule has 1 heterocycles. The molecule has 0 aliphatic heterocycles. The Morgan fingerprint density at radius 3 is 2.43 bits per heavy atom. The number of nitrogens with zero attached hydrogens (tertiary/aromatic N) is 2. The van der Waals surface area contributed by atoms with E-state index in [0.29, 0.717) is 11.7 Å². The van der Waals surface area contributed by atoms with Crippen molar-refractivity contribution in [2.45, 2.75) is 19.4 Å². The van der Waals surface area contributed by atoms with Gasteiger partial charge in [0.15, 0.2) is 5.82 Å². The molecule has 1 atom stereocenters. The Balaban J connectivity index is 1.61. The van der Waals surface area contributed by atoms with Crippen LogP contribution < -0.4 is 5.32 Å². The summed E-state index contributed by atoms with van der Waals surface area (Å²) in [6.45, 7) is 2.11. The molecule has 116 valence electrons. The molecular formula is C18H17N3O2. The smallest absolute Gasteiger partial charge is 0.257 e. The SMILES string of the molecule is C[C@@H](C(=O)NCc1noc(-c2ccccc2)n1)c1ccccc1. The van der Waals surface area contributed by atoms with E-state index in [2.05, 4.69) is 15.5 Å². The molecule has 0 saturated carbocycles. The van der Waals surface area contributed by atoms with E-state index >= 15 is 0 Å². The van der Waals surface area contributed by atoms with Crippen LogP contribution in [0.5, 0.6) is 0 Å². The molecule has 0 unspecified atom stereocenters. The predicted molar refractivity (Wildman–Crippen MR) is 86.4 cm³/mol. The fourth-order valence-electron chi connectivity index (χ4n) is 2.24. The second kappa shape index (κ2) is 6.87. The van der Waals surface area contributed by atoms with Gasteiger partial charge in [-0.3, -0.25) is 4.79 Å². The maximum Gasteiger partial charge on any atom is 0.257 e. The second-order valence-corrected chi connectivity index (χ2v) is 5.23. The minimum atomic E-state index is -0.225. The van der Waals surface area contributed by atoms with Gasteiger partial charge in [0.05, 0.1) is 12.5 Å². The lowest BCUT2D eigenvalue weighted by Gasteiger charge is -2.11. The van der Waals surface area contributed by atoms with E-state index in [4.69, 9.17) is 4.52 Å². The van der Waals surface area contributed by atoms with Crippen molar-refractivity contribution in [2.75, 3.05) is 0 Å². The topological polar surface area (TPSA) is 68.0 Å². The molecule has 1 amide bonds. The highest BCUT2D eigenvalue weighted by Crippen LogP contribution is 2.17. The van der Waals surface area contributed by atoms with Gasteiger partial charge in [-0.25, -0.2) is 0 Å². The summed E-state index contributed by atoms with van der Waals surface area (Å²) >= 11 is 0. The Hall–Kier alpha value is -2.95. The molecule has 0 radical (unpaired) electrons. The van der Waals surface area contributed by atoms with Crippen LogP contribution in [0.4, 0.5) is 0 Å². The molecule has 5 nitrogen and oxygen atoms in total. The molecule has 2 aromatic carbocycles. The minimum absolute atomic E-state index is 0.0674. The monoisotopic (exact) mass is 307 g/mol. The number of rotatable bonds is 5. The van der Waals surface area contributed by atoms with E-state index in [9.17, 15) is 4.79 Å². The number of carbonyl (C=O) groups excluding carboxylic acids is 1. The lowest BCUT2D eigenvalue weighted by molar-refractivity contribution is -0.122. The van der Waals surface area contributed by atoms with Gasteiger partial charge in [-0.1, -0.05) is 53.7 Å². The summed E-state index contributed by atoms with van der Waals surface area (Å²) in [5.41, 5.74) is 1.83. The third kappa shape index (κ3) is 3.63. The maximum atomic E-state index is 12.2. The van der Waals surface area contributed by atoms with E-state index in [1.165, 1.54) is 0 Å². The van der Waals surface area contributed by atoms with Crippen molar-refractivity contribution < 1.29 is 9.32 Å². The zero-order chi connectivity index (χ0) is 16.1. The van der Waals surface area contributed by atoms with Crippen molar-refractivity contribution in [2.24, 2.45) is 0 Å². The van der Waals surface area contributed by atoms with Gasteiger partial charge in [-0.15, -0.1) is 0 Å². The van der Waals surface area contributed by atoms with E-state index in [1.54, 1.807) is 0 Å². The first-order chi connectivity index (χ1) is 11.2. The summed E-state index contributed by atoms with van der Waals surface area (Å²) < 4.78 is 5.22. The zero-order valence-electron chi connectivity index (χ0n) is 12.8. The number of benzene rings is 2. The maximum absolute atomic E-state index is 12.2. The van der Waals surface area contributed by atoms with E-state index in [-0.39, 0.29) is 18.4 Å². The van der Waals surface area contributed by atoms with Crippen LogP contribution in [0.25, 0.3) is 11.5 Å². The number of aromatic nitrogens is 2. The quantitative estimate of drug-likeness (QED) is 0.786. The van der Waals surface area contributed by atoms with Gasteiger partial charge in [0.25, 0.3) is 5.89 Å². The molecule has 0 bridgehead atoms. The predicted octanol–water partition coefficient (Wildman–Crippen LogP) is 3.16. The van der Waals surface area contributed by atoms with Crippen LogP contribution in [0.2, 0.25) is 0 Å². The van der Waals surface area contributed by atoms with E-state index < -0.39 is 0 Å². The van der Waals surface area contributed by atoms with Crippen LogP contribution in [0.15, 0.2) is 65.2 Å². The summed E-state index contributed by atoms with van der Waals surface area (Å²) in [6.07, 6.45) is 0. The van der Waals surface area contributed by atoms with Crippen LogP contribution in [0.1, 0.15) is 24.2 Å². The number of carbonyl (C=O) groups is 1. The Morgan fingerprint density at radius 2 is 1.74 bits per heavy atom. The van der Waals surface area contributed by atoms with Crippen molar-refractivity contribution in [3.8, 4) is 11.5 Å². The summed E-state index contributed by atoms with van der Waals surface area (Å²) in [6, 6.07) is 19.2. The fourth-order valence-corrected chi connectivity index (χ4v) is 2.24. The standard InChI is InChI=1S/C18H17N3O2/c1-13(14-8-4-2-5-9-14)17(22)19-12-16-20-18(23-21-16)15-10-6-3-7-11-15/h2-11,13H,12H2,1H3,(H,19,22)/t13-/m1/s1. The van der Waals surface area contributed by atoms with Crippen LogP contribution >= 0.6 is 0 Å². The number of hydrogen-bond acceptors (Lipinski definition) is 4. The lowest BCUT2D eigenvalue weighted by atomic mass is 10.0. The largest absolute Gasteiger partial charge is 0.348 e. The average molecular weight is 307 g/mol. The number of hydrogen-bond donors (Lipinski definition) is 1. The zero-order valence-corrected chi connectivity index (χ0v) is 12.8. The summed E-state index contributed by atoms with van der Waals surface area (Å²) in [4.78, 5) is 16.5. The van der Waals surface area contributed by atoms with Crippen molar-refractivity contribution in [3.63, 3.8) is 0 Å². The Kier molecular flexibility index (Phi) is 4.47. The van der Waals surface area contributed by atoms with Crippen LogP contribution in [-0.2, 0) is 11.3 Å². The van der Waals surface area contributed by atoms with Crippen molar-refractivity contribution in [3.05, 3.63) is 72.1 Å². The molecule has 1 aromatic heterocycles. The summed E-state index contributed by atoms with van der Waals surface area (Å²) in [5, 5.41) is 6.73. The molecular weight excluding hydrogens is 290 g/mol. The Bertz CT molecular complexity index is 769. The van der Waals surface area contributed by atoms with Crippen molar-refractivity contribution in [1.82, 2.24) is 15.5 Å². The molecule has 1 N–H and O–H groups in total. The number of nitrogens with one attached hydrogen (secondary N) is 1. The lowest BCUT2D eigenvalue weighted by Crippen LogP contribution is -2.27. The van der Waals surface area contributed by atoms with Gasteiger partial charge in [-0.05, 0) is 24.6 Å². The minimum Gasteiger partial charge on any atom is -0.348 e. The summed E-state index contributed by atoms with van der Waals surface area (Å²) in [7, 11) is 0. The number of amides is 1. The first-order valence-electron chi connectivity index (χ1n) is 7.44. The molecule has 3 aromatic rings. The molecule has 5 heteroatoms. The van der Waals surface area contributed by atoms with Gasteiger partial charge in [-0.2, -0.15) is 4.98 Å². The van der Waals surface area contributed by atoms with E-state index in [0.717, 1.165) is 11.1 Å². The molecule has 0 spiro atoms. The van der Waals surface area contributed by atoms with Crippen LogP contribution in [0.3, 0.4) is 0 Å². The highest BCUT2D eigenvalue weighted by molar-refractivity contribution is 5.83. The van der Waals surface area contributed by atoms with Gasteiger partial charge in [0.2, 0.25) is 5.91 Å². The van der Waals surface area contributed by atoms with Gasteiger partial charge >= 0.3 is 0 Å². The van der Waals surface area contributed by atoms with Gasteiger partial charge in [0.1, 0.15) is 0 Å². The molecule has 23 heavy (non-hydrogen) atoms. The normalized spacial score (nSPS) is 11.9. The summed E-state index contributed by atoms with van der Waals surface area (Å²) in [5.74, 6) is 0.613. The van der Waals surface area contributed by atoms with Crippen LogP contribution in [0, 0.1) is 0 Å². The van der Waals surface area contributed by atoms with Crippen LogP contribution in [-0.4, -0.2) is 16.0 Å². The van der Waals surface area contributed by atoms with E-state index in [1.807, 2.05) is 67.6 Å².